The molecular formula is C15H21N3O. The number of hydrogen-bond donors (Lipinski definition) is 1. The van der Waals surface area contributed by atoms with Gasteiger partial charge in [0.2, 0.25) is 5.91 Å². The molecule has 0 saturated heterocycles. The summed E-state index contributed by atoms with van der Waals surface area (Å²) in [4.78, 5) is 16.0. The van der Waals surface area contributed by atoms with Crippen molar-refractivity contribution in [3.8, 4) is 6.07 Å². The fourth-order valence-corrected chi connectivity index (χ4v) is 1.79. The first-order valence-corrected chi connectivity index (χ1v) is 6.46. The van der Waals surface area contributed by atoms with Crippen molar-refractivity contribution in [2.45, 2.75) is 33.1 Å². The highest BCUT2D eigenvalue weighted by Gasteiger charge is 2.26. The van der Waals surface area contributed by atoms with Gasteiger partial charge in [0.1, 0.15) is 5.92 Å². The largest absolute Gasteiger partial charge is 0.354 e. The number of pyridine rings is 1. The molecule has 0 aliphatic heterocycles. The first kappa shape index (κ1) is 15.2. The van der Waals surface area contributed by atoms with Crippen molar-refractivity contribution in [1.82, 2.24) is 10.3 Å². The average Bonchev–Trinajstić information content (AvgIpc) is 2.38. The highest BCUT2D eigenvalue weighted by molar-refractivity contribution is 5.81. The Balaban J connectivity index is 2.66. The van der Waals surface area contributed by atoms with Crippen LogP contribution >= 0.6 is 0 Å². The molecule has 4 heteroatoms. The number of carbonyl (C=O) groups excluding carboxylic acids is 1. The van der Waals surface area contributed by atoms with Crippen molar-refractivity contribution < 1.29 is 4.79 Å². The van der Waals surface area contributed by atoms with Crippen LogP contribution in [0.3, 0.4) is 0 Å². The number of nitrogens with one attached hydrogen (secondary N) is 1. The van der Waals surface area contributed by atoms with Crippen LogP contribution in [0.5, 0.6) is 0 Å². The van der Waals surface area contributed by atoms with Gasteiger partial charge in [-0.3, -0.25) is 9.78 Å². The molecule has 1 unspecified atom stereocenters. The van der Waals surface area contributed by atoms with Gasteiger partial charge in [-0.2, -0.15) is 5.26 Å². The van der Waals surface area contributed by atoms with Crippen LogP contribution in [0.4, 0.5) is 0 Å². The van der Waals surface area contributed by atoms with Gasteiger partial charge in [0.25, 0.3) is 0 Å². The molecule has 1 atom stereocenters. The summed E-state index contributed by atoms with van der Waals surface area (Å²) >= 11 is 0. The standard InChI is InChI=1S/C15H21N3O/c1-11(2)13(8-16)14(19)18-10-15(3,4)12-6-5-7-17-9-12/h5-7,9,11,13H,10H2,1-4H3,(H,18,19). The highest BCUT2D eigenvalue weighted by Crippen LogP contribution is 2.21. The number of carbonyl (C=O) groups is 1. The number of rotatable bonds is 5. The number of nitrogens with zero attached hydrogens (tertiary/aromatic N) is 2. The molecule has 0 aromatic carbocycles. The summed E-state index contributed by atoms with van der Waals surface area (Å²) in [5.74, 6) is -0.773. The normalized spacial score (nSPS) is 12.8. The van der Waals surface area contributed by atoms with Gasteiger partial charge in [-0.25, -0.2) is 0 Å². The molecule has 4 nitrogen and oxygen atoms in total. The minimum atomic E-state index is -0.593. The lowest BCUT2D eigenvalue weighted by Crippen LogP contribution is -2.40. The van der Waals surface area contributed by atoms with Gasteiger partial charge in [-0.1, -0.05) is 33.8 Å². The Morgan fingerprint density at radius 3 is 2.68 bits per heavy atom. The van der Waals surface area contributed by atoms with Gasteiger partial charge in [0, 0.05) is 24.4 Å². The van der Waals surface area contributed by atoms with Crippen LogP contribution in [-0.2, 0) is 10.2 Å². The zero-order valence-corrected chi connectivity index (χ0v) is 12.0. The van der Waals surface area contributed by atoms with E-state index in [1.807, 2.05) is 39.8 Å². The summed E-state index contributed by atoms with van der Waals surface area (Å²) in [6.07, 6.45) is 3.53. The number of aromatic nitrogens is 1. The summed E-state index contributed by atoms with van der Waals surface area (Å²) in [6, 6.07) is 5.92. The van der Waals surface area contributed by atoms with Crippen LogP contribution in [-0.4, -0.2) is 17.4 Å². The first-order valence-electron chi connectivity index (χ1n) is 6.46. The molecule has 1 amide bonds. The third-order valence-electron chi connectivity index (χ3n) is 3.24. The Bertz CT molecular complexity index is 460. The van der Waals surface area contributed by atoms with E-state index >= 15 is 0 Å². The Hall–Kier alpha value is -1.89. The topological polar surface area (TPSA) is 65.8 Å². The molecule has 102 valence electrons. The SMILES string of the molecule is CC(C)C(C#N)C(=O)NCC(C)(C)c1cccnc1. The Kier molecular flexibility index (Phi) is 5.05. The molecule has 19 heavy (non-hydrogen) atoms. The van der Waals surface area contributed by atoms with E-state index in [0.717, 1.165) is 5.56 Å². The second kappa shape index (κ2) is 6.33. The molecule has 0 aliphatic rings. The van der Waals surface area contributed by atoms with Crippen molar-refractivity contribution >= 4 is 5.91 Å². The fourth-order valence-electron chi connectivity index (χ4n) is 1.79. The number of amides is 1. The second-order valence-electron chi connectivity index (χ2n) is 5.69. The summed E-state index contributed by atoms with van der Waals surface area (Å²) in [6.45, 7) is 8.32. The molecule has 0 bridgehead atoms. The zero-order chi connectivity index (χ0) is 14.5. The van der Waals surface area contributed by atoms with Crippen LogP contribution < -0.4 is 5.32 Å². The fraction of sp³-hybridized carbons (Fsp3) is 0.533. The van der Waals surface area contributed by atoms with E-state index in [4.69, 9.17) is 5.26 Å². The van der Waals surface area contributed by atoms with Crippen LogP contribution in [0, 0.1) is 23.2 Å². The molecule has 1 heterocycles. The van der Waals surface area contributed by atoms with Crippen molar-refractivity contribution in [1.29, 1.82) is 5.26 Å². The maximum atomic E-state index is 11.9. The van der Waals surface area contributed by atoms with Crippen LogP contribution in [0.25, 0.3) is 0 Å². The van der Waals surface area contributed by atoms with E-state index in [2.05, 4.69) is 16.4 Å². The van der Waals surface area contributed by atoms with Gasteiger partial charge < -0.3 is 5.32 Å². The summed E-state index contributed by atoms with van der Waals surface area (Å²) < 4.78 is 0. The Labute approximate surface area is 114 Å². The van der Waals surface area contributed by atoms with E-state index in [-0.39, 0.29) is 17.2 Å². The number of hydrogen-bond acceptors (Lipinski definition) is 3. The molecule has 0 saturated carbocycles. The van der Waals surface area contributed by atoms with E-state index in [1.165, 1.54) is 0 Å². The smallest absolute Gasteiger partial charge is 0.237 e. The number of nitriles is 1. The van der Waals surface area contributed by atoms with E-state index < -0.39 is 5.92 Å². The second-order valence-corrected chi connectivity index (χ2v) is 5.69. The minimum absolute atomic E-state index is 0.0199. The third kappa shape index (κ3) is 4.06. The molecule has 0 spiro atoms. The van der Waals surface area contributed by atoms with E-state index in [0.29, 0.717) is 6.54 Å². The summed E-state index contributed by atoms with van der Waals surface area (Å²) in [5.41, 5.74) is 0.856. The molecule has 1 rings (SSSR count). The van der Waals surface area contributed by atoms with Crippen molar-refractivity contribution in [2.24, 2.45) is 11.8 Å². The third-order valence-corrected chi connectivity index (χ3v) is 3.24. The quantitative estimate of drug-likeness (QED) is 0.882. The molecular weight excluding hydrogens is 238 g/mol. The minimum Gasteiger partial charge on any atom is -0.354 e. The van der Waals surface area contributed by atoms with Crippen LogP contribution in [0.2, 0.25) is 0 Å². The van der Waals surface area contributed by atoms with Crippen molar-refractivity contribution in [3.63, 3.8) is 0 Å². The summed E-state index contributed by atoms with van der Waals surface area (Å²) in [7, 11) is 0. The first-order chi connectivity index (χ1) is 8.88. The monoisotopic (exact) mass is 259 g/mol. The lowest BCUT2D eigenvalue weighted by molar-refractivity contribution is -0.124. The van der Waals surface area contributed by atoms with Gasteiger partial charge >= 0.3 is 0 Å². The van der Waals surface area contributed by atoms with Gasteiger partial charge in [0.05, 0.1) is 6.07 Å². The maximum absolute atomic E-state index is 11.9. The predicted octanol–water partition coefficient (Wildman–Crippen LogP) is 2.27. The zero-order valence-electron chi connectivity index (χ0n) is 12.0. The Morgan fingerprint density at radius 1 is 1.53 bits per heavy atom. The molecule has 1 aromatic heterocycles. The van der Waals surface area contributed by atoms with Crippen molar-refractivity contribution in [2.75, 3.05) is 6.54 Å². The summed E-state index contributed by atoms with van der Waals surface area (Å²) in [5, 5.41) is 11.9. The van der Waals surface area contributed by atoms with Crippen molar-refractivity contribution in [3.05, 3.63) is 30.1 Å². The van der Waals surface area contributed by atoms with Crippen LogP contribution in [0.15, 0.2) is 24.5 Å². The van der Waals surface area contributed by atoms with Gasteiger partial charge in [-0.05, 0) is 17.5 Å². The van der Waals surface area contributed by atoms with Crippen LogP contribution in [0.1, 0.15) is 33.3 Å². The predicted molar refractivity (Wildman–Crippen MR) is 74.2 cm³/mol. The Morgan fingerprint density at radius 2 is 2.21 bits per heavy atom. The molecule has 0 aliphatic carbocycles. The van der Waals surface area contributed by atoms with Gasteiger partial charge in [0.15, 0.2) is 0 Å². The van der Waals surface area contributed by atoms with E-state index in [9.17, 15) is 4.79 Å². The molecule has 1 aromatic rings. The van der Waals surface area contributed by atoms with E-state index in [1.54, 1.807) is 12.4 Å². The lowest BCUT2D eigenvalue weighted by atomic mass is 9.85. The molecule has 1 N–H and O–H groups in total. The highest BCUT2D eigenvalue weighted by atomic mass is 16.1. The maximum Gasteiger partial charge on any atom is 0.237 e. The lowest BCUT2D eigenvalue weighted by Gasteiger charge is -2.26. The van der Waals surface area contributed by atoms with Gasteiger partial charge in [-0.15, -0.1) is 0 Å². The molecule has 0 radical (unpaired) electrons. The average molecular weight is 259 g/mol. The molecule has 0 fully saturated rings.